The molecule has 25 heavy (non-hydrogen) atoms. The van der Waals surface area contributed by atoms with E-state index in [1.807, 2.05) is 29.6 Å². The highest BCUT2D eigenvalue weighted by molar-refractivity contribution is 7.14. The van der Waals surface area contributed by atoms with Gasteiger partial charge in [-0.2, -0.15) is 0 Å². The number of amides is 1. The highest BCUT2D eigenvalue weighted by Gasteiger charge is 2.14. The molecule has 0 aliphatic rings. The number of carboxylic acid groups (broad SMARTS) is 1. The topological polar surface area (TPSA) is 91.3 Å². The second-order valence-corrected chi connectivity index (χ2v) is 5.91. The number of benzene rings is 2. The Bertz CT molecular complexity index is 919. The minimum atomic E-state index is -1.40. The molecule has 0 unspecified atom stereocenters. The molecule has 3 aromatic rings. The Labute approximate surface area is 147 Å². The van der Waals surface area contributed by atoms with E-state index in [2.05, 4.69) is 10.3 Å². The predicted octanol–water partition coefficient (Wildman–Crippen LogP) is 2.43. The molecule has 6 nitrogen and oxygen atoms in total. The summed E-state index contributed by atoms with van der Waals surface area (Å²) in [7, 11) is 1.59. The van der Waals surface area contributed by atoms with Crippen LogP contribution >= 0.6 is 11.3 Å². The average Bonchev–Trinajstić information content (AvgIpc) is 3.10. The third-order valence-electron chi connectivity index (χ3n) is 3.50. The van der Waals surface area contributed by atoms with Crippen LogP contribution in [0.5, 0.6) is 5.75 Å². The fourth-order valence-electron chi connectivity index (χ4n) is 2.25. The van der Waals surface area contributed by atoms with Gasteiger partial charge in [0.05, 0.1) is 18.8 Å². The van der Waals surface area contributed by atoms with Crippen molar-refractivity contribution in [3.05, 3.63) is 65.0 Å². The normalized spacial score (nSPS) is 10.3. The number of hydrogen-bond donors (Lipinski definition) is 1. The van der Waals surface area contributed by atoms with Crippen LogP contribution in [-0.2, 0) is 0 Å². The number of carboxylic acids is 1. The van der Waals surface area contributed by atoms with Crippen molar-refractivity contribution in [1.29, 1.82) is 0 Å². The van der Waals surface area contributed by atoms with Crippen molar-refractivity contribution in [2.24, 2.45) is 0 Å². The summed E-state index contributed by atoms with van der Waals surface area (Å²) in [4.78, 5) is 27.8. The summed E-state index contributed by atoms with van der Waals surface area (Å²) in [6, 6.07) is 13.3. The molecule has 126 valence electrons. The van der Waals surface area contributed by atoms with Crippen molar-refractivity contribution in [3.8, 4) is 17.0 Å². The standard InChI is InChI=1S/C18H14N2O4S/c1-24-12-8-6-11(7-9-12)15-10-25-18(19-15)20-16(21)13-4-2-3-5-14(13)17(22)23/h2-10H,1H3,(H,22,23)(H,19,20,21)/p-1. The molecule has 7 heteroatoms. The SMILES string of the molecule is COc1ccc(-c2csc(NC(=O)c3ccccc3C(=O)[O-])n2)cc1. The van der Waals surface area contributed by atoms with E-state index in [0.29, 0.717) is 10.8 Å². The largest absolute Gasteiger partial charge is 0.545 e. The maximum atomic E-state index is 12.3. The number of carbonyl (C=O) groups excluding carboxylic acids is 2. The molecule has 0 fully saturated rings. The van der Waals surface area contributed by atoms with E-state index in [-0.39, 0.29) is 11.1 Å². The Morgan fingerprint density at radius 2 is 1.76 bits per heavy atom. The van der Waals surface area contributed by atoms with E-state index in [9.17, 15) is 14.7 Å². The van der Waals surface area contributed by atoms with E-state index in [4.69, 9.17) is 4.74 Å². The highest BCUT2D eigenvalue weighted by Crippen LogP contribution is 2.26. The van der Waals surface area contributed by atoms with Crippen LogP contribution in [0.15, 0.2) is 53.9 Å². The van der Waals surface area contributed by atoms with Gasteiger partial charge in [-0.15, -0.1) is 11.3 Å². The lowest BCUT2D eigenvalue weighted by atomic mass is 10.1. The lowest BCUT2D eigenvalue weighted by Crippen LogP contribution is -2.26. The van der Waals surface area contributed by atoms with Gasteiger partial charge in [0.1, 0.15) is 5.75 Å². The molecule has 1 N–H and O–H groups in total. The quantitative estimate of drug-likeness (QED) is 0.761. The zero-order valence-corrected chi connectivity index (χ0v) is 14.0. The van der Waals surface area contributed by atoms with Crippen LogP contribution in [-0.4, -0.2) is 24.0 Å². The first-order valence-corrected chi connectivity index (χ1v) is 8.18. The number of aromatic carboxylic acids is 1. The summed E-state index contributed by atoms with van der Waals surface area (Å²) >= 11 is 1.25. The van der Waals surface area contributed by atoms with Crippen LogP contribution in [0.3, 0.4) is 0 Å². The van der Waals surface area contributed by atoms with Crippen LogP contribution in [0.25, 0.3) is 11.3 Å². The smallest absolute Gasteiger partial charge is 0.258 e. The van der Waals surface area contributed by atoms with E-state index in [1.54, 1.807) is 13.2 Å². The summed E-state index contributed by atoms with van der Waals surface area (Å²) in [6.45, 7) is 0. The fourth-order valence-corrected chi connectivity index (χ4v) is 2.96. The van der Waals surface area contributed by atoms with Crippen LogP contribution in [0, 0.1) is 0 Å². The molecule has 0 bridgehead atoms. The lowest BCUT2D eigenvalue weighted by molar-refractivity contribution is -0.255. The third-order valence-corrected chi connectivity index (χ3v) is 4.26. The van der Waals surface area contributed by atoms with Crippen molar-refractivity contribution in [3.63, 3.8) is 0 Å². The fraction of sp³-hybridized carbons (Fsp3) is 0.0556. The molecule has 0 saturated carbocycles. The van der Waals surface area contributed by atoms with Gasteiger partial charge < -0.3 is 14.6 Å². The number of carbonyl (C=O) groups is 2. The van der Waals surface area contributed by atoms with Crippen molar-refractivity contribution >= 4 is 28.3 Å². The zero-order valence-electron chi connectivity index (χ0n) is 13.2. The second-order valence-electron chi connectivity index (χ2n) is 5.05. The summed E-state index contributed by atoms with van der Waals surface area (Å²) < 4.78 is 5.11. The van der Waals surface area contributed by atoms with Crippen LogP contribution in [0.4, 0.5) is 5.13 Å². The van der Waals surface area contributed by atoms with Crippen molar-refractivity contribution < 1.29 is 19.4 Å². The molecule has 0 radical (unpaired) electrons. The summed E-state index contributed by atoms with van der Waals surface area (Å²) in [6.07, 6.45) is 0. The number of thiazole rings is 1. The van der Waals surface area contributed by atoms with E-state index >= 15 is 0 Å². The molecular formula is C18H13N2O4S-. The first kappa shape index (κ1) is 16.7. The second kappa shape index (κ2) is 7.14. The Morgan fingerprint density at radius 1 is 1.08 bits per heavy atom. The molecule has 1 amide bonds. The predicted molar refractivity (Wildman–Crippen MR) is 92.8 cm³/mol. The molecule has 1 aromatic heterocycles. The molecule has 0 atom stereocenters. The Balaban J connectivity index is 1.79. The maximum Gasteiger partial charge on any atom is 0.258 e. The minimum Gasteiger partial charge on any atom is -0.545 e. The molecule has 3 rings (SSSR count). The highest BCUT2D eigenvalue weighted by atomic mass is 32.1. The number of methoxy groups -OCH3 is 1. The maximum absolute atomic E-state index is 12.3. The van der Waals surface area contributed by atoms with Gasteiger partial charge in [-0.3, -0.25) is 10.1 Å². The molecular weight excluding hydrogens is 340 g/mol. The molecule has 0 aliphatic carbocycles. The summed E-state index contributed by atoms with van der Waals surface area (Å²) in [5, 5.41) is 15.9. The van der Waals surface area contributed by atoms with Gasteiger partial charge in [0.2, 0.25) is 0 Å². The van der Waals surface area contributed by atoms with Crippen LogP contribution in [0.1, 0.15) is 20.7 Å². The number of hydrogen-bond acceptors (Lipinski definition) is 6. The molecule has 1 heterocycles. The molecule has 0 saturated heterocycles. The number of anilines is 1. The van der Waals surface area contributed by atoms with Gasteiger partial charge in [0, 0.05) is 22.1 Å². The first-order valence-electron chi connectivity index (χ1n) is 7.30. The van der Waals surface area contributed by atoms with Gasteiger partial charge in [0.25, 0.3) is 5.91 Å². The van der Waals surface area contributed by atoms with Gasteiger partial charge in [-0.1, -0.05) is 18.2 Å². The summed E-state index contributed by atoms with van der Waals surface area (Å²) in [5.74, 6) is -1.20. The number of aromatic nitrogens is 1. The van der Waals surface area contributed by atoms with Gasteiger partial charge in [0.15, 0.2) is 5.13 Å². The Morgan fingerprint density at radius 3 is 2.40 bits per heavy atom. The number of ether oxygens (including phenoxy) is 1. The van der Waals surface area contributed by atoms with Gasteiger partial charge in [-0.05, 0) is 30.3 Å². The molecule has 0 spiro atoms. The monoisotopic (exact) mass is 353 g/mol. The third kappa shape index (κ3) is 3.67. The first-order chi connectivity index (χ1) is 12.1. The van der Waals surface area contributed by atoms with E-state index in [0.717, 1.165) is 11.3 Å². The van der Waals surface area contributed by atoms with Crippen molar-refractivity contribution in [2.45, 2.75) is 0 Å². The Kier molecular flexibility index (Phi) is 4.76. The van der Waals surface area contributed by atoms with Gasteiger partial charge >= 0.3 is 0 Å². The number of rotatable bonds is 5. The van der Waals surface area contributed by atoms with E-state index < -0.39 is 11.9 Å². The van der Waals surface area contributed by atoms with E-state index in [1.165, 1.54) is 29.5 Å². The van der Waals surface area contributed by atoms with Crippen molar-refractivity contribution in [1.82, 2.24) is 4.98 Å². The Hall–Kier alpha value is -3.19. The van der Waals surface area contributed by atoms with Crippen LogP contribution < -0.4 is 15.2 Å². The molecule has 2 aromatic carbocycles. The number of nitrogens with one attached hydrogen (secondary N) is 1. The van der Waals surface area contributed by atoms with Crippen molar-refractivity contribution in [2.75, 3.05) is 12.4 Å². The van der Waals surface area contributed by atoms with Crippen LogP contribution in [0.2, 0.25) is 0 Å². The number of nitrogens with zero attached hydrogens (tertiary/aromatic N) is 1. The minimum absolute atomic E-state index is 0.0312. The van der Waals surface area contributed by atoms with Gasteiger partial charge in [-0.25, -0.2) is 4.98 Å². The lowest BCUT2D eigenvalue weighted by Gasteiger charge is -2.09. The molecule has 0 aliphatic heterocycles. The zero-order chi connectivity index (χ0) is 17.8. The average molecular weight is 353 g/mol. The summed E-state index contributed by atoms with van der Waals surface area (Å²) in [5.41, 5.74) is 1.46.